The van der Waals surface area contributed by atoms with E-state index in [-0.39, 0.29) is 12.6 Å². The van der Waals surface area contributed by atoms with Crippen molar-refractivity contribution >= 4 is 22.9 Å². The Morgan fingerprint density at radius 3 is 2.79 bits per heavy atom. The fourth-order valence-corrected chi connectivity index (χ4v) is 3.80. The third-order valence-electron chi connectivity index (χ3n) is 4.98. The van der Waals surface area contributed by atoms with Gasteiger partial charge in [0.25, 0.3) is 0 Å². The minimum atomic E-state index is -0.0989. The number of nitrogens with zero attached hydrogens (tertiary/aromatic N) is 4. The van der Waals surface area contributed by atoms with Crippen LogP contribution in [0.5, 0.6) is 0 Å². The molecule has 0 spiro atoms. The van der Waals surface area contributed by atoms with E-state index in [2.05, 4.69) is 32.5 Å². The summed E-state index contributed by atoms with van der Waals surface area (Å²) >= 11 is 0. The van der Waals surface area contributed by atoms with Crippen LogP contribution in [0.4, 0.5) is 5.82 Å². The molecule has 0 atom stereocenters. The lowest BCUT2D eigenvalue weighted by Crippen LogP contribution is -2.20. The van der Waals surface area contributed by atoms with E-state index in [1.165, 1.54) is 0 Å². The molecule has 0 aromatic carbocycles. The van der Waals surface area contributed by atoms with Crippen LogP contribution in [0.3, 0.4) is 0 Å². The van der Waals surface area contributed by atoms with Crippen LogP contribution in [0.1, 0.15) is 49.5 Å². The normalized spacial score (nSPS) is 20.7. The lowest BCUT2D eigenvalue weighted by Gasteiger charge is -2.30. The summed E-state index contributed by atoms with van der Waals surface area (Å²) in [5, 5.41) is 21.8. The molecule has 1 fully saturated rings. The first-order chi connectivity index (χ1) is 11.7. The largest absolute Gasteiger partial charge is 0.388 e. The van der Waals surface area contributed by atoms with Crippen molar-refractivity contribution < 1.29 is 5.11 Å². The van der Waals surface area contributed by atoms with Crippen LogP contribution in [0.25, 0.3) is 17.1 Å². The lowest BCUT2D eigenvalue weighted by molar-refractivity contribution is 0.239. The number of nitriles is 1. The van der Waals surface area contributed by atoms with E-state index in [0.29, 0.717) is 18.2 Å². The van der Waals surface area contributed by atoms with Crippen LogP contribution in [0.2, 0.25) is 0 Å². The Kier molecular flexibility index (Phi) is 4.81. The molecule has 6 heteroatoms. The Hall–Kier alpha value is -2.39. The number of fused-ring (bicyclic) bond motifs is 1. The zero-order chi connectivity index (χ0) is 17.1. The highest BCUT2D eigenvalue weighted by Crippen LogP contribution is 2.38. The van der Waals surface area contributed by atoms with Crippen molar-refractivity contribution in [3.63, 3.8) is 0 Å². The molecule has 1 aliphatic rings. The van der Waals surface area contributed by atoms with Crippen LogP contribution < -0.4 is 5.32 Å². The molecule has 0 unspecified atom stereocenters. The standard InChI is InChI=1S/C18H23N5O/c1-3-14-17-15(10-21-18(14)20-2)22-16(11-24)23(17)13-6-4-12(5-7-13)8-9-19/h3,10,12-13,24H,1,4-8,11H2,2H3,(H,20,21)/t12-,13-. The second kappa shape index (κ2) is 7.02. The number of pyridine rings is 1. The fourth-order valence-electron chi connectivity index (χ4n) is 3.80. The van der Waals surface area contributed by atoms with Gasteiger partial charge in [-0.1, -0.05) is 12.7 Å². The number of nitrogens with one attached hydrogen (secondary N) is 1. The molecule has 1 aliphatic carbocycles. The number of aliphatic hydroxyl groups excluding tert-OH is 1. The van der Waals surface area contributed by atoms with E-state index in [4.69, 9.17) is 5.26 Å². The molecular formula is C18H23N5O. The summed E-state index contributed by atoms with van der Waals surface area (Å²) in [4.78, 5) is 8.96. The zero-order valence-electron chi connectivity index (χ0n) is 14.0. The average Bonchev–Trinajstić information content (AvgIpc) is 3.00. The van der Waals surface area contributed by atoms with E-state index in [9.17, 15) is 5.11 Å². The van der Waals surface area contributed by atoms with Gasteiger partial charge in [-0.25, -0.2) is 9.97 Å². The third kappa shape index (κ3) is 2.76. The molecule has 0 aliphatic heterocycles. The van der Waals surface area contributed by atoms with Crippen molar-refractivity contribution in [1.29, 1.82) is 5.26 Å². The van der Waals surface area contributed by atoms with Gasteiger partial charge in [-0.2, -0.15) is 5.26 Å². The maximum atomic E-state index is 9.79. The Balaban J connectivity index is 2.06. The summed E-state index contributed by atoms with van der Waals surface area (Å²) in [5.74, 6) is 1.93. The first kappa shape index (κ1) is 16.5. The number of imidazole rings is 1. The number of anilines is 1. The van der Waals surface area contributed by atoms with Gasteiger partial charge in [0.1, 0.15) is 23.8 Å². The van der Waals surface area contributed by atoms with Gasteiger partial charge >= 0.3 is 0 Å². The Bertz CT molecular complexity index is 781. The minimum absolute atomic E-state index is 0.0989. The molecule has 24 heavy (non-hydrogen) atoms. The average molecular weight is 325 g/mol. The van der Waals surface area contributed by atoms with Gasteiger partial charge in [0.15, 0.2) is 0 Å². The van der Waals surface area contributed by atoms with Gasteiger partial charge in [0.2, 0.25) is 0 Å². The van der Waals surface area contributed by atoms with E-state index >= 15 is 0 Å². The van der Waals surface area contributed by atoms with Gasteiger partial charge in [-0.15, -0.1) is 0 Å². The summed E-state index contributed by atoms with van der Waals surface area (Å²) in [6.07, 6.45) is 8.24. The highest BCUT2D eigenvalue weighted by Gasteiger charge is 2.27. The first-order valence-corrected chi connectivity index (χ1v) is 8.41. The number of hydrogen-bond donors (Lipinski definition) is 2. The van der Waals surface area contributed by atoms with Gasteiger partial charge in [-0.3, -0.25) is 0 Å². The molecule has 2 aromatic heterocycles. The van der Waals surface area contributed by atoms with Gasteiger partial charge < -0.3 is 15.0 Å². The molecule has 2 heterocycles. The topological polar surface area (TPSA) is 86.8 Å². The molecule has 1 saturated carbocycles. The summed E-state index contributed by atoms with van der Waals surface area (Å²) in [6, 6.07) is 2.57. The van der Waals surface area contributed by atoms with Crippen molar-refractivity contribution in [3.8, 4) is 6.07 Å². The van der Waals surface area contributed by atoms with Crippen molar-refractivity contribution in [1.82, 2.24) is 14.5 Å². The Labute approximate surface area is 141 Å². The van der Waals surface area contributed by atoms with Crippen molar-refractivity contribution in [2.75, 3.05) is 12.4 Å². The predicted molar refractivity (Wildman–Crippen MR) is 94.3 cm³/mol. The second-order valence-corrected chi connectivity index (χ2v) is 6.30. The zero-order valence-corrected chi connectivity index (χ0v) is 14.0. The van der Waals surface area contributed by atoms with Crippen molar-refractivity contribution in [3.05, 3.63) is 24.2 Å². The van der Waals surface area contributed by atoms with Crippen molar-refractivity contribution in [2.24, 2.45) is 5.92 Å². The number of aromatic nitrogens is 3. The van der Waals surface area contributed by atoms with Crippen LogP contribution in [-0.2, 0) is 6.61 Å². The maximum Gasteiger partial charge on any atom is 0.136 e. The molecule has 2 N–H and O–H groups in total. The van der Waals surface area contributed by atoms with E-state index < -0.39 is 0 Å². The molecule has 126 valence electrons. The Morgan fingerprint density at radius 1 is 1.46 bits per heavy atom. The van der Waals surface area contributed by atoms with Gasteiger partial charge in [0.05, 0.1) is 17.8 Å². The number of hydrogen-bond acceptors (Lipinski definition) is 5. The molecule has 0 saturated heterocycles. The first-order valence-electron chi connectivity index (χ1n) is 8.41. The molecule has 6 nitrogen and oxygen atoms in total. The maximum absolute atomic E-state index is 9.79. The highest BCUT2D eigenvalue weighted by molar-refractivity contribution is 5.89. The molecule has 3 rings (SSSR count). The van der Waals surface area contributed by atoms with Crippen LogP contribution >= 0.6 is 0 Å². The molecule has 0 amide bonds. The van der Waals surface area contributed by atoms with Gasteiger partial charge in [0, 0.05) is 25.1 Å². The second-order valence-electron chi connectivity index (χ2n) is 6.30. The van der Waals surface area contributed by atoms with E-state index in [0.717, 1.165) is 48.1 Å². The third-order valence-corrected chi connectivity index (χ3v) is 4.98. The van der Waals surface area contributed by atoms with Crippen LogP contribution in [-0.4, -0.2) is 26.7 Å². The highest BCUT2D eigenvalue weighted by atomic mass is 16.3. The molecule has 0 radical (unpaired) electrons. The van der Waals surface area contributed by atoms with Crippen LogP contribution in [0.15, 0.2) is 12.8 Å². The Morgan fingerprint density at radius 2 is 2.21 bits per heavy atom. The molecule has 2 aromatic rings. The van der Waals surface area contributed by atoms with E-state index in [1.54, 1.807) is 12.3 Å². The monoisotopic (exact) mass is 325 g/mol. The SMILES string of the molecule is C=Cc1c(NC)ncc2nc(CO)n([C@H]3CC[C@H](CC#N)CC3)c12. The minimum Gasteiger partial charge on any atom is -0.388 e. The smallest absolute Gasteiger partial charge is 0.136 e. The summed E-state index contributed by atoms with van der Waals surface area (Å²) in [5.41, 5.74) is 2.69. The number of rotatable bonds is 5. The van der Waals surface area contributed by atoms with Gasteiger partial charge in [-0.05, 0) is 31.6 Å². The van der Waals surface area contributed by atoms with Crippen LogP contribution in [0, 0.1) is 17.2 Å². The fraction of sp³-hybridized carbons (Fsp3) is 0.500. The summed E-state index contributed by atoms with van der Waals surface area (Å²) in [6.45, 7) is 3.83. The quantitative estimate of drug-likeness (QED) is 0.881. The summed E-state index contributed by atoms with van der Waals surface area (Å²) < 4.78 is 2.16. The molecule has 0 bridgehead atoms. The van der Waals surface area contributed by atoms with Crippen molar-refractivity contribution in [2.45, 2.75) is 44.8 Å². The van der Waals surface area contributed by atoms with E-state index in [1.807, 2.05) is 7.05 Å². The number of aliphatic hydroxyl groups is 1. The summed E-state index contributed by atoms with van der Waals surface area (Å²) in [7, 11) is 1.84. The predicted octanol–water partition coefficient (Wildman–Crippen LogP) is 3.25. The molecular weight excluding hydrogens is 302 g/mol. The lowest BCUT2D eigenvalue weighted by atomic mass is 9.84.